The number of benzene rings is 1. The zero-order chi connectivity index (χ0) is 23.5. The van der Waals surface area contributed by atoms with Crippen LogP contribution in [0.2, 0.25) is 0 Å². The number of rotatable bonds is 9. The Labute approximate surface area is 198 Å². The Hall–Kier alpha value is -3.52. The van der Waals surface area contributed by atoms with E-state index >= 15 is 0 Å². The lowest BCUT2D eigenvalue weighted by atomic mass is 9.88. The van der Waals surface area contributed by atoms with Crippen LogP contribution in [0.1, 0.15) is 60.3 Å². The number of allylic oxidation sites excluding steroid dienone is 2. The maximum Gasteiger partial charge on any atom is 0.234 e. The number of carbonyl (C=O) groups is 1. The van der Waals surface area contributed by atoms with Crippen molar-refractivity contribution in [1.82, 2.24) is 30.4 Å². The summed E-state index contributed by atoms with van der Waals surface area (Å²) in [7, 11) is 0. The van der Waals surface area contributed by atoms with Crippen LogP contribution in [0.15, 0.2) is 67.2 Å². The number of H-pyrrole nitrogens is 2. The van der Waals surface area contributed by atoms with E-state index in [1.165, 1.54) is 25.0 Å². The molecule has 1 fully saturated rings. The molecular weight excluding hydrogens is 431 g/mol. The fourth-order valence-corrected chi connectivity index (χ4v) is 4.54. The van der Waals surface area contributed by atoms with E-state index in [4.69, 9.17) is 0 Å². The van der Waals surface area contributed by atoms with Crippen LogP contribution in [-0.2, 0) is 11.3 Å². The zero-order valence-electron chi connectivity index (χ0n) is 19.1. The van der Waals surface area contributed by atoms with Gasteiger partial charge in [0.25, 0.3) is 0 Å². The molecule has 0 saturated heterocycles. The second-order valence-corrected chi connectivity index (χ2v) is 9.06. The van der Waals surface area contributed by atoms with Gasteiger partial charge in [0.2, 0.25) is 5.91 Å². The number of nitrogens with zero attached hydrogens (tertiary/aromatic N) is 3. The Balaban J connectivity index is 1.40. The number of imidazole rings is 1. The molecule has 0 bridgehead atoms. The highest BCUT2D eigenvalue weighted by Gasteiger charge is 2.34. The van der Waals surface area contributed by atoms with Gasteiger partial charge in [-0.25, -0.2) is 9.37 Å². The third-order valence-electron chi connectivity index (χ3n) is 6.67. The summed E-state index contributed by atoms with van der Waals surface area (Å²) in [6.07, 6.45) is 14.0. The molecule has 0 radical (unpaired) electrons. The minimum atomic E-state index is -0.275. The number of nitrogens with one attached hydrogen (secondary N) is 3. The first-order valence-electron chi connectivity index (χ1n) is 11.7. The van der Waals surface area contributed by atoms with E-state index in [1.807, 2.05) is 12.2 Å². The van der Waals surface area contributed by atoms with E-state index in [1.54, 1.807) is 24.7 Å². The van der Waals surface area contributed by atoms with Crippen molar-refractivity contribution in [1.29, 1.82) is 0 Å². The average Bonchev–Trinajstić information content (AvgIpc) is 3.35. The maximum atomic E-state index is 13.6. The van der Waals surface area contributed by atoms with E-state index < -0.39 is 0 Å². The van der Waals surface area contributed by atoms with Gasteiger partial charge in [-0.1, -0.05) is 36.4 Å². The lowest BCUT2D eigenvalue weighted by molar-refractivity contribution is -0.123. The van der Waals surface area contributed by atoms with Crippen molar-refractivity contribution in [2.24, 2.45) is 0 Å². The molecule has 1 aromatic carbocycles. The van der Waals surface area contributed by atoms with Crippen LogP contribution in [0, 0.1) is 5.82 Å². The Morgan fingerprint density at radius 1 is 1.24 bits per heavy atom. The highest BCUT2D eigenvalue weighted by molar-refractivity contribution is 5.78. The van der Waals surface area contributed by atoms with E-state index in [9.17, 15) is 9.18 Å². The summed E-state index contributed by atoms with van der Waals surface area (Å²) in [5.41, 5.74) is 3.96. The number of hydrogen-bond donors (Lipinski definition) is 3. The van der Waals surface area contributed by atoms with Crippen LogP contribution in [0.5, 0.6) is 0 Å². The predicted molar refractivity (Wildman–Crippen MR) is 127 cm³/mol. The van der Waals surface area contributed by atoms with Crippen LogP contribution in [0.25, 0.3) is 0 Å². The van der Waals surface area contributed by atoms with Crippen molar-refractivity contribution in [2.45, 2.75) is 50.2 Å². The van der Waals surface area contributed by atoms with Gasteiger partial charge in [-0.3, -0.25) is 14.8 Å². The minimum absolute atomic E-state index is 0.0216. The van der Waals surface area contributed by atoms with E-state index in [2.05, 4.69) is 55.5 Å². The Kier molecular flexibility index (Phi) is 6.40. The number of aromatic nitrogens is 4. The largest absolute Gasteiger partial charge is 0.349 e. The Morgan fingerprint density at radius 2 is 2.03 bits per heavy atom. The van der Waals surface area contributed by atoms with Crippen molar-refractivity contribution in [3.8, 4) is 0 Å². The first-order valence-corrected chi connectivity index (χ1v) is 11.7. The predicted octanol–water partition coefficient (Wildman–Crippen LogP) is 4.11. The summed E-state index contributed by atoms with van der Waals surface area (Å²) in [5, 5.41) is 10.8. The van der Waals surface area contributed by atoms with Crippen LogP contribution in [-0.4, -0.2) is 43.6 Å². The van der Waals surface area contributed by atoms with Gasteiger partial charge in [0.05, 0.1) is 30.8 Å². The van der Waals surface area contributed by atoms with Crippen LogP contribution < -0.4 is 5.32 Å². The van der Waals surface area contributed by atoms with Crippen molar-refractivity contribution < 1.29 is 9.18 Å². The summed E-state index contributed by atoms with van der Waals surface area (Å²) in [5.74, 6) is 0.221. The molecule has 2 aliphatic rings. The molecule has 2 unspecified atom stereocenters. The van der Waals surface area contributed by atoms with Gasteiger partial charge in [0.15, 0.2) is 0 Å². The third kappa shape index (κ3) is 5.02. The van der Waals surface area contributed by atoms with Gasteiger partial charge < -0.3 is 10.3 Å². The highest BCUT2D eigenvalue weighted by atomic mass is 19.1. The molecule has 0 spiro atoms. The monoisotopic (exact) mass is 460 g/mol. The average molecular weight is 461 g/mol. The van der Waals surface area contributed by atoms with E-state index in [0.29, 0.717) is 12.5 Å². The molecule has 2 heterocycles. The van der Waals surface area contributed by atoms with Gasteiger partial charge >= 0.3 is 0 Å². The van der Waals surface area contributed by atoms with Crippen molar-refractivity contribution in [3.05, 3.63) is 95.6 Å². The van der Waals surface area contributed by atoms with Gasteiger partial charge in [-0.15, -0.1) is 0 Å². The molecule has 0 aliphatic heterocycles. The Morgan fingerprint density at radius 3 is 2.76 bits per heavy atom. The molecule has 5 rings (SSSR count). The smallest absolute Gasteiger partial charge is 0.234 e. The molecule has 3 atom stereocenters. The van der Waals surface area contributed by atoms with Gasteiger partial charge in [0, 0.05) is 35.8 Å². The Bertz CT molecular complexity index is 1160. The first-order chi connectivity index (χ1) is 16.6. The van der Waals surface area contributed by atoms with Crippen LogP contribution >= 0.6 is 0 Å². The van der Waals surface area contributed by atoms with E-state index in [0.717, 1.165) is 22.6 Å². The third-order valence-corrected chi connectivity index (χ3v) is 6.67. The fraction of sp³-hybridized carbons (Fsp3) is 0.346. The molecule has 1 amide bonds. The second-order valence-electron chi connectivity index (χ2n) is 9.06. The molecule has 3 N–H and O–H groups in total. The summed E-state index contributed by atoms with van der Waals surface area (Å²) >= 11 is 0. The molecule has 176 valence electrons. The summed E-state index contributed by atoms with van der Waals surface area (Å²) < 4.78 is 13.6. The molecule has 3 aromatic rings. The number of aromatic amines is 2. The van der Waals surface area contributed by atoms with E-state index in [-0.39, 0.29) is 36.3 Å². The minimum Gasteiger partial charge on any atom is -0.349 e. The zero-order valence-corrected chi connectivity index (χ0v) is 19.1. The van der Waals surface area contributed by atoms with Crippen molar-refractivity contribution >= 4 is 5.91 Å². The standard InChI is InChI=1S/C26H29FN6O/c1-17(18-8-10-20(27)11-9-18)33(15-26(34)29-14-21-13-28-16-30-21)25-5-3-2-4-22(25)24-12-23(31-32-24)19-6-7-19/h2-5,8-13,16-17,19,22,25H,6-7,14-15H2,1H3,(H,28,30)(H,29,34)(H,31,32)/t17-,22?,25?/m0/s1. The van der Waals surface area contributed by atoms with Gasteiger partial charge in [-0.05, 0) is 43.5 Å². The molecule has 2 aliphatic carbocycles. The molecule has 2 aromatic heterocycles. The summed E-state index contributed by atoms with van der Waals surface area (Å²) in [4.78, 5) is 22.2. The fourth-order valence-electron chi connectivity index (χ4n) is 4.54. The summed E-state index contributed by atoms with van der Waals surface area (Å²) in [6, 6.07) is 8.48. The molecular formula is C26H29FN6O. The number of carbonyl (C=O) groups excluding carboxylic acids is 1. The molecule has 34 heavy (non-hydrogen) atoms. The summed E-state index contributed by atoms with van der Waals surface area (Å²) in [6.45, 7) is 2.63. The second kappa shape index (κ2) is 9.77. The molecule has 7 nitrogen and oxygen atoms in total. The first kappa shape index (κ1) is 22.3. The normalized spacial score (nSPS) is 20.6. The number of amides is 1. The molecule has 8 heteroatoms. The van der Waals surface area contributed by atoms with Gasteiger partial charge in [0.1, 0.15) is 5.82 Å². The van der Waals surface area contributed by atoms with Crippen LogP contribution in [0.3, 0.4) is 0 Å². The topological polar surface area (TPSA) is 89.7 Å². The van der Waals surface area contributed by atoms with Crippen molar-refractivity contribution in [2.75, 3.05) is 6.54 Å². The number of halogens is 1. The lowest BCUT2D eigenvalue weighted by Crippen LogP contribution is -2.46. The number of hydrogen-bond acceptors (Lipinski definition) is 4. The lowest BCUT2D eigenvalue weighted by Gasteiger charge is -2.38. The van der Waals surface area contributed by atoms with Crippen LogP contribution in [0.4, 0.5) is 4.39 Å². The van der Waals surface area contributed by atoms with Gasteiger partial charge in [-0.2, -0.15) is 5.10 Å². The van der Waals surface area contributed by atoms with Crippen molar-refractivity contribution in [3.63, 3.8) is 0 Å². The maximum absolute atomic E-state index is 13.6. The SMILES string of the molecule is C[C@@H](c1ccc(F)cc1)N(CC(=O)NCc1cnc[nH]1)C1C=CC=CC1c1cc(C2CC2)n[nH]1. The molecule has 1 saturated carbocycles. The highest BCUT2D eigenvalue weighted by Crippen LogP contribution is 2.41. The quantitative estimate of drug-likeness (QED) is 0.448.